The standard InChI is InChI=1S/C12H21BrN2O/c1-5-9(8(3)16)7-11-12(13)10(6-2)14-15(11)4/h8-9,16H,5-7H2,1-4H3. The lowest BCUT2D eigenvalue weighted by Crippen LogP contribution is -2.19. The summed E-state index contributed by atoms with van der Waals surface area (Å²) >= 11 is 3.60. The molecule has 92 valence electrons. The lowest BCUT2D eigenvalue weighted by molar-refractivity contribution is 0.121. The Morgan fingerprint density at radius 2 is 2.06 bits per heavy atom. The number of hydrogen-bond donors (Lipinski definition) is 1. The molecule has 2 atom stereocenters. The molecule has 0 radical (unpaired) electrons. The zero-order chi connectivity index (χ0) is 12.3. The maximum absolute atomic E-state index is 9.67. The van der Waals surface area contributed by atoms with E-state index in [-0.39, 0.29) is 6.10 Å². The first kappa shape index (κ1) is 13.7. The van der Waals surface area contributed by atoms with E-state index in [9.17, 15) is 5.11 Å². The van der Waals surface area contributed by atoms with Crippen LogP contribution < -0.4 is 0 Å². The minimum atomic E-state index is -0.267. The van der Waals surface area contributed by atoms with Crippen molar-refractivity contribution in [1.82, 2.24) is 9.78 Å². The first-order valence-electron chi connectivity index (χ1n) is 5.89. The topological polar surface area (TPSA) is 38.0 Å². The number of halogens is 1. The summed E-state index contributed by atoms with van der Waals surface area (Å²) in [6, 6.07) is 0. The Bertz CT molecular complexity index is 347. The van der Waals surface area contributed by atoms with E-state index in [0.717, 1.165) is 29.4 Å². The van der Waals surface area contributed by atoms with Gasteiger partial charge >= 0.3 is 0 Å². The van der Waals surface area contributed by atoms with Gasteiger partial charge in [-0.15, -0.1) is 0 Å². The third-order valence-corrected chi connectivity index (χ3v) is 4.08. The van der Waals surface area contributed by atoms with Crippen LogP contribution in [0.5, 0.6) is 0 Å². The summed E-state index contributed by atoms with van der Waals surface area (Å²) in [5, 5.41) is 14.1. The van der Waals surface area contributed by atoms with Gasteiger partial charge in [-0.1, -0.05) is 20.3 Å². The molecule has 1 aromatic heterocycles. The molecule has 0 bridgehead atoms. The molecule has 0 saturated heterocycles. The second kappa shape index (κ2) is 5.82. The average Bonchev–Trinajstić information content (AvgIpc) is 2.51. The van der Waals surface area contributed by atoms with Crippen molar-refractivity contribution in [2.24, 2.45) is 13.0 Å². The lowest BCUT2D eigenvalue weighted by Gasteiger charge is -2.18. The number of aryl methyl sites for hydroxylation is 2. The zero-order valence-electron chi connectivity index (χ0n) is 10.5. The van der Waals surface area contributed by atoms with Gasteiger partial charge in [0.15, 0.2) is 0 Å². The molecule has 16 heavy (non-hydrogen) atoms. The predicted octanol–water partition coefficient (Wildman–Crippen LogP) is 2.69. The Balaban J connectivity index is 2.91. The molecule has 0 aliphatic carbocycles. The van der Waals surface area contributed by atoms with E-state index in [0.29, 0.717) is 5.92 Å². The molecule has 0 aromatic carbocycles. The molecule has 3 nitrogen and oxygen atoms in total. The molecule has 0 fully saturated rings. The molecule has 0 aliphatic heterocycles. The van der Waals surface area contributed by atoms with Crippen LogP contribution in [0.2, 0.25) is 0 Å². The molecule has 1 aromatic rings. The fraction of sp³-hybridized carbons (Fsp3) is 0.750. The Hall–Kier alpha value is -0.350. The van der Waals surface area contributed by atoms with E-state index >= 15 is 0 Å². The summed E-state index contributed by atoms with van der Waals surface area (Å²) in [5.74, 6) is 0.302. The van der Waals surface area contributed by atoms with Gasteiger partial charge in [0.1, 0.15) is 0 Å². The van der Waals surface area contributed by atoms with Gasteiger partial charge in [-0.05, 0) is 41.6 Å². The highest BCUT2D eigenvalue weighted by Gasteiger charge is 2.19. The minimum Gasteiger partial charge on any atom is -0.393 e. The molecular weight excluding hydrogens is 268 g/mol. The van der Waals surface area contributed by atoms with Crippen LogP contribution in [0.3, 0.4) is 0 Å². The summed E-state index contributed by atoms with van der Waals surface area (Å²) in [6.45, 7) is 6.07. The van der Waals surface area contributed by atoms with Crippen molar-refractivity contribution >= 4 is 15.9 Å². The Kier molecular flexibility index (Phi) is 4.99. The van der Waals surface area contributed by atoms with Gasteiger partial charge in [-0.25, -0.2) is 0 Å². The van der Waals surface area contributed by atoms with Crippen molar-refractivity contribution in [2.45, 2.75) is 46.1 Å². The first-order chi connectivity index (χ1) is 7.51. The fourth-order valence-corrected chi connectivity index (χ4v) is 2.72. The van der Waals surface area contributed by atoms with Crippen LogP contribution in [0.15, 0.2) is 4.47 Å². The molecule has 0 amide bonds. The van der Waals surface area contributed by atoms with Gasteiger partial charge in [-0.2, -0.15) is 5.10 Å². The van der Waals surface area contributed by atoms with Crippen LogP contribution in [-0.2, 0) is 19.9 Å². The van der Waals surface area contributed by atoms with Gasteiger partial charge < -0.3 is 5.11 Å². The van der Waals surface area contributed by atoms with Gasteiger partial charge in [0.2, 0.25) is 0 Å². The van der Waals surface area contributed by atoms with Crippen LogP contribution in [0, 0.1) is 5.92 Å². The van der Waals surface area contributed by atoms with Gasteiger partial charge in [0.05, 0.1) is 22.0 Å². The van der Waals surface area contributed by atoms with Gasteiger partial charge in [0.25, 0.3) is 0 Å². The average molecular weight is 289 g/mol. The monoisotopic (exact) mass is 288 g/mol. The van der Waals surface area contributed by atoms with Crippen molar-refractivity contribution in [2.75, 3.05) is 0 Å². The van der Waals surface area contributed by atoms with Crippen molar-refractivity contribution in [3.8, 4) is 0 Å². The number of nitrogens with zero attached hydrogens (tertiary/aromatic N) is 2. The summed E-state index contributed by atoms with van der Waals surface area (Å²) in [5.41, 5.74) is 2.28. The summed E-state index contributed by atoms with van der Waals surface area (Å²) in [6.07, 6.45) is 2.52. The van der Waals surface area contributed by atoms with Crippen LogP contribution in [0.4, 0.5) is 0 Å². The number of aliphatic hydroxyl groups is 1. The van der Waals surface area contributed by atoms with E-state index in [1.54, 1.807) is 0 Å². The minimum absolute atomic E-state index is 0.267. The van der Waals surface area contributed by atoms with Crippen molar-refractivity contribution in [3.05, 3.63) is 15.9 Å². The molecule has 1 rings (SSSR count). The summed E-state index contributed by atoms with van der Waals surface area (Å²) in [4.78, 5) is 0. The number of hydrogen-bond acceptors (Lipinski definition) is 2. The molecule has 0 aliphatic rings. The zero-order valence-corrected chi connectivity index (χ0v) is 12.1. The maximum atomic E-state index is 9.67. The van der Waals surface area contributed by atoms with Crippen LogP contribution >= 0.6 is 15.9 Å². The van der Waals surface area contributed by atoms with Gasteiger partial charge in [-0.3, -0.25) is 4.68 Å². The molecule has 4 heteroatoms. The van der Waals surface area contributed by atoms with E-state index < -0.39 is 0 Å². The molecule has 0 saturated carbocycles. The number of aromatic nitrogens is 2. The molecular formula is C12H21BrN2O. The third-order valence-electron chi connectivity index (χ3n) is 3.17. The Morgan fingerprint density at radius 1 is 1.44 bits per heavy atom. The molecule has 2 unspecified atom stereocenters. The Morgan fingerprint density at radius 3 is 2.44 bits per heavy atom. The number of rotatable bonds is 5. The lowest BCUT2D eigenvalue weighted by atomic mass is 9.95. The van der Waals surface area contributed by atoms with Crippen molar-refractivity contribution < 1.29 is 5.11 Å². The quantitative estimate of drug-likeness (QED) is 0.905. The van der Waals surface area contributed by atoms with E-state index in [1.165, 1.54) is 5.69 Å². The van der Waals surface area contributed by atoms with E-state index in [2.05, 4.69) is 34.9 Å². The number of aliphatic hydroxyl groups excluding tert-OH is 1. The smallest absolute Gasteiger partial charge is 0.0766 e. The highest BCUT2D eigenvalue weighted by Crippen LogP contribution is 2.26. The second-order valence-electron chi connectivity index (χ2n) is 4.30. The normalized spacial score (nSPS) is 15.1. The second-order valence-corrected chi connectivity index (χ2v) is 5.09. The molecule has 0 spiro atoms. The van der Waals surface area contributed by atoms with Crippen LogP contribution in [0.25, 0.3) is 0 Å². The maximum Gasteiger partial charge on any atom is 0.0766 e. The molecule has 1 heterocycles. The first-order valence-corrected chi connectivity index (χ1v) is 6.68. The predicted molar refractivity (Wildman–Crippen MR) is 69.5 cm³/mol. The highest BCUT2D eigenvalue weighted by atomic mass is 79.9. The van der Waals surface area contributed by atoms with Gasteiger partial charge in [0, 0.05) is 7.05 Å². The van der Waals surface area contributed by atoms with Crippen molar-refractivity contribution in [1.29, 1.82) is 0 Å². The van der Waals surface area contributed by atoms with E-state index in [4.69, 9.17) is 0 Å². The van der Waals surface area contributed by atoms with Crippen LogP contribution in [0.1, 0.15) is 38.6 Å². The molecule has 1 N–H and O–H groups in total. The Labute approximate surface area is 106 Å². The largest absolute Gasteiger partial charge is 0.393 e. The van der Waals surface area contributed by atoms with Crippen LogP contribution in [-0.4, -0.2) is 21.0 Å². The fourth-order valence-electron chi connectivity index (χ4n) is 1.95. The SMILES string of the molecule is CCc1nn(C)c(CC(CC)C(C)O)c1Br. The summed E-state index contributed by atoms with van der Waals surface area (Å²) in [7, 11) is 1.97. The highest BCUT2D eigenvalue weighted by molar-refractivity contribution is 9.10. The third kappa shape index (κ3) is 2.86. The van der Waals surface area contributed by atoms with E-state index in [1.807, 2.05) is 18.7 Å². The van der Waals surface area contributed by atoms with Crippen molar-refractivity contribution in [3.63, 3.8) is 0 Å². The summed E-state index contributed by atoms with van der Waals surface area (Å²) < 4.78 is 3.03.